The number of rotatable bonds is 5. The lowest BCUT2D eigenvalue weighted by Crippen LogP contribution is -2.60. The molecule has 1 atom stereocenters. The van der Waals surface area contributed by atoms with E-state index in [-0.39, 0.29) is 0 Å². The largest absolute Gasteiger partial charge is 0.296 e. The molecule has 1 unspecified atom stereocenters. The van der Waals surface area contributed by atoms with E-state index < -0.39 is 0 Å². The van der Waals surface area contributed by atoms with Crippen molar-refractivity contribution in [2.75, 3.05) is 13.1 Å². The Morgan fingerprint density at radius 2 is 1.88 bits per heavy atom. The topological polar surface area (TPSA) is 41.3 Å². The predicted octanol–water partition coefficient (Wildman–Crippen LogP) is 1.80. The van der Waals surface area contributed by atoms with Gasteiger partial charge in [-0.05, 0) is 45.2 Å². The molecule has 1 saturated carbocycles. The van der Waals surface area contributed by atoms with E-state index in [0.717, 1.165) is 6.42 Å². The second-order valence-corrected chi connectivity index (χ2v) is 5.25. The van der Waals surface area contributed by atoms with Gasteiger partial charge in [-0.2, -0.15) is 0 Å². The van der Waals surface area contributed by atoms with Crippen molar-refractivity contribution < 1.29 is 0 Å². The van der Waals surface area contributed by atoms with Gasteiger partial charge in [-0.3, -0.25) is 16.2 Å². The van der Waals surface area contributed by atoms with Crippen LogP contribution < -0.4 is 11.3 Å². The molecule has 0 bridgehead atoms. The fourth-order valence-corrected chi connectivity index (χ4v) is 3.64. The maximum Gasteiger partial charge on any atom is 0.0429 e. The van der Waals surface area contributed by atoms with Crippen molar-refractivity contribution >= 4 is 0 Å². The molecule has 1 saturated heterocycles. The fourth-order valence-electron chi connectivity index (χ4n) is 3.64. The standard InChI is InChI=1S/C13H25N3/c1-2-7-12(15-14)13(8-3-4-9-13)16-10-5-6-11-16/h2,12,15H,1,3-11,14H2. The summed E-state index contributed by atoms with van der Waals surface area (Å²) in [5.74, 6) is 5.77. The van der Waals surface area contributed by atoms with E-state index in [1.54, 1.807) is 0 Å². The summed E-state index contributed by atoms with van der Waals surface area (Å²) in [6.45, 7) is 6.38. The number of hydrogen-bond donors (Lipinski definition) is 2. The molecule has 1 heterocycles. The van der Waals surface area contributed by atoms with Gasteiger partial charge in [0.05, 0.1) is 0 Å². The second-order valence-electron chi connectivity index (χ2n) is 5.25. The van der Waals surface area contributed by atoms with Gasteiger partial charge in [0.1, 0.15) is 0 Å². The minimum Gasteiger partial charge on any atom is -0.296 e. The first kappa shape index (κ1) is 12.1. The summed E-state index contributed by atoms with van der Waals surface area (Å²) in [6, 6.07) is 0.380. The Balaban J connectivity index is 2.15. The number of likely N-dealkylation sites (tertiary alicyclic amines) is 1. The first-order chi connectivity index (χ1) is 7.83. The summed E-state index contributed by atoms with van der Waals surface area (Å²) < 4.78 is 0. The average molecular weight is 223 g/mol. The summed E-state index contributed by atoms with van der Waals surface area (Å²) in [5.41, 5.74) is 3.37. The van der Waals surface area contributed by atoms with Gasteiger partial charge in [0.25, 0.3) is 0 Å². The highest BCUT2D eigenvalue weighted by Crippen LogP contribution is 2.40. The molecule has 92 valence electrons. The molecule has 0 spiro atoms. The summed E-state index contributed by atoms with van der Waals surface area (Å²) in [7, 11) is 0. The van der Waals surface area contributed by atoms with Crippen LogP contribution in [0, 0.1) is 0 Å². The molecule has 0 amide bonds. The zero-order valence-electron chi connectivity index (χ0n) is 10.3. The number of nitrogens with one attached hydrogen (secondary N) is 1. The van der Waals surface area contributed by atoms with Crippen LogP contribution in [0.1, 0.15) is 44.9 Å². The molecular formula is C13H25N3. The molecule has 2 fully saturated rings. The van der Waals surface area contributed by atoms with E-state index >= 15 is 0 Å². The summed E-state index contributed by atoms with van der Waals surface area (Å²) in [4.78, 5) is 2.69. The Morgan fingerprint density at radius 3 is 2.38 bits per heavy atom. The molecule has 0 radical (unpaired) electrons. The van der Waals surface area contributed by atoms with Crippen molar-refractivity contribution in [2.45, 2.75) is 56.5 Å². The number of nitrogens with zero attached hydrogens (tertiary/aromatic N) is 1. The van der Waals surface area contributed by atoms with Gasteiger partial charge >= 0.3 is 0 Å². The Hall–Kier alpha value is -0.380. The van der Waals surface area contributed by atoms with Gasteiger partial charge in [-0.25, -0.2) is 0 Å². The van der Waals surface area contributed by atoms with Crippen LogP contribution >= 0.6 is 0 Å². The average Bonchev–Trinajstić information content (AvgIpc) is 2.95. The maximum atomic E-state index is 5.77. The first-order valence-corrected chi connectivity index (χ1v) is 6.65. The second kappa shape index (κ2) is 5.30. The van der Waals surface area contributed by atoms with Crippen molar-refractivity contribution in [3.8, 4) is 0 Å². The van der Waals surface area contributed by atoms with Gasteiger partial charge in [0.2, 0.25) is 0 Å². The van der Waals surface area contributed by atoms with Crippen molar-refractivity contribution in [1.29, 1.82) is 0 Å². The minimum absolute atomic E-state index is 0.319. The van der Waals surface area contributed by atoms with Crippen LogP contribution in [-0.4, -0.2) is 29.6 Å². The summed E-state index contributed by atoms with van der Waals surface area (Å²) >= 11 is 0. The van der Waals surface area contributed by atoms with Gasteiger partial charge in [-0.15, -0.1) is 6.58 Å². The van der Waals surface area contributed by atoms with Crippen molar-refractivity contribution in [3.05, 3.63) is 12.7 Å². The van der Waals surface area contributed by atoms with E-state index in [0.29, 0.717) is 11.6 Å². The lowest BCUT2D eigenvalue weighted by molar-refractivity contribution is 0.0777. The lowest BCUT2D eigenvalue weighted by atomic mass is 9.84. The van der Waals surface area contributed by atoms with Crippen LogP contribution in [0.2, 0.25) is 0 Å². The molecule has 0 aromatic carbocycles. The molecule has 3 heteroatoms. The molecule has 2 rings (SSSR count). The molecule has 0 aromatic rings. The van der Waals surface area contributed by atoms with Crippen LogP contribution in [0.15, 0.2) is 12.7 Å². The number of hydrogen-bond acceptors (Lipinski definition) is 3. The first-order valence-electron chi connectivity index (χ1n) is 6.65. The van der Waals surface area contributed by atoms with Gasteiger partial charge in [0, 0.05) is 11.6 Å². The molecule has 1 aliphatic carbocycles. The molecule has 0 aromatic heterocycles. The summed E-state index contributed by atoms with van der Waals surface area (Å²) in [5, 5.41) is 0. The molecule has 1 aliphatic heterocycles. The maximum absolute atomic E-state index is 5.77. The van der Waals surface area contributed by atoms with Gasteiger partial charge in [-0.1, -0.05) is 18.9 Å². The van der Waals surface area contributed by atoms with Crippen LogP contribution in [0.3, 0.4) is 0 Å². The molecule has 2 aliphatic rings. The van der Waals surface area contributed by atoms with Crippen LogP contribution in [0.4, 0.5) is 0 Å². The van der Waals surface area contributed by atoms with E-state index in [9.17, 15) is 0 Å². The molecule has 3 N–H and O–H groups in total. The number of hydrazine groups is 1. The highest BCUT2D eigenvalue weighted by atomic mass is 15.3. The Labute approximate surface area is 99.0 Å². The Bertz CT molecular complexity index is 227. The highest BCUT2D eigenvalue weighted by molar-refractivity contribution is 5.05. The van der Waals surface area contributed by atoms with E-state index in [4.69, 9.17) is 5.84 Å². The smallest absolute Gasteiger partial charge is 0.0429 e. The Morgan fingerprint density at radius 1 is 1.25 bits per heavy atom. The molecular weight excluding hydrogens is 198 g/mol. The van der Waals surface area contributed by atoms with Gasteiger partial charge < -0.3 is 0 Å². The number of nitrogens with two attached hydrogens (primary N) is 1. The van der Waals surface area contributed by atoms with Crippen LogP contribution in [0.5, 0.6) is 0 Å². The van der Waals surface area contributed by atoms with Crippen molar-refractivity contribution in [3.63, 3.8) is 0 Å². The van der Waals surface area contributed by atoms with Crippen LogP contribution in [0.25, 0.3) is 0 Å². The quantitative estimate of drug-likeness (QED) is 0.424. The van der Waals surface area contributed by atoms with Gasteiger partial charge in [0.15, 0.2) is 0 Å². The normalized spacial score (nSPS) is 27.1. The van der Waals surface area contributed by atoms with Crippen LogP contribution in [-0.2, 0) is 0 Å². The zero-order valence-corrected chi connectivity index (χ0v) is 10.3. The van der Waals surface area contributed by atoms with E-state index in [1.807, 2.05) is 6.08 Å². The third kappa shape index (κ3) is 2.04. The minimum atomic E-state index is 0.319. The predicted molar refractivity (Wildman–Crippen MR) is 67.9 cm³/mol. The van der Waals surface area contributed by atoms with E-state index in [1.165, 1.54) is 51.6 Å². The highest BCUT2D eigenvalue weighted by Gasteiger charge is 2.45. The fraction of sp³-hybridized carbons (Fsp3) is 0.846. The molecule has 3 nitrogen and oxygen atoms in total. The van der Waals surface area contributed by atoms with Crippen molar-refractivity contribution in [2.24, 2.45) is 5.84 Å². The third-order valence-electron chi connectivity index (χ3n) is 4.46. The zero-order chi connectivity index (χ0) is 11.4. The van der Waals surface area contributed by atoms with E-state index in [2.05, 4.69) is 16.9 Å². The lowest BCUT2D eigenvalue weighted by Gasteiger charge is -2.44. The molecule has 16 heavy (non-hydrogen) atoms. The monoisotopic (exact) mass is 223 g/mol. The Kier molecular flexibility index (Phi) is 4.00. The third-order valence-corrected chi connectivity index (χ3v) is 4.46. The van der Waals surface area contributed by atoms with Crippen molar-refractivity contribution in [1.82, 2.24) is 10.3 Å². The SMILES string of the molecule is C=CCC(NN)C1(N2CCCC2)CCCC1. The summed E-state index contributed by atoms with van der Waals surface area (Å²) in [6.07, 6.45) is 11.0.